The molecule has 1 spiro atoms. The Morgan fingerprint density at radius 1 is 1.00 bits per heavy atom. The predicted molar refractivity (Wildman–Crippen MR) is 154 cm³/mol. The molecular formula is C33H51N3O2. The van der Waals surface area contributed by atoms with Gasteiger partial charge in [0.1, 0.15) is 11.6 Å². The Morgan fingerprint density at radius 3 is 2.39 bits per heavy atom. The molecule has 38 heavy (non-hydrogen) atoms. The molecule has 5 aliphatic rings. The predicted octanol–water partition coefficient (Wildman–Crippen LogP) is 5.68. The number of amides is 2. The smallest absolute Gasteiger partial charge is 0.246 e. The van der Waals surface area contributed by atoms with Crippen LogP contribution in [0.5, 0.6) is 0 Å². The van der Waals surface area contributed by atoms with Crippen LogP contribution in [-0.2, 0) is 16.0 Å². The van der Waals surface area contributed by atoms with Crippen molar-refractivity contribution in [3.8, 4) is 0 Å². The van der Waals surface area contributed by atoms with Crippen LogP contribution in [0.1, 0.15) is 91.0 Å². The molecular weight excluding hydrogens is 470 g/mol. The summed E-state index contributed by atoms with van der Waals surface area (Å²) in [6.45, 7) is 12.8. The maximum Gasteiger partial charge on any atom is 0.246 e. The molecule has 2 saturated heterocycles. The number of rotatable bonds is 10. The first-order valence-electron chi connectivity index (χ1n) is 15.6. The van der Waals surface area contributed by atoms with Crippen LogP contribution in [0.2, 0.25) is 0 Å². The summed E-state index contributed by atoms with van der Waals surface area (Å²) in [6.07, 6.45) is 10.9. The van der Waals surface area contributed by atoms with Gasteiger partial charge in [-0.3, -0.25) is 9.59 Å². The Labute approximate surface area is 231 Å². The van der Waals surface area contributed by atoms with Gasteiger partial charge in [0.05, 0.1) is 0 Å². The quantitative estimate of drug-likeness (QED) is 0.403. The molecule has 210 valence electrons. The van der Waals surface area contributed by atoms with Gasteiger partial charge >= 0.3 is 0 Å². The first-order valence-corrected chi connectivity index (χ1v) is 15.6. The van der Waals surface area contributed by atoms with Gasteiger partial charge in [-0.15, -0.1) is 0 Å². The van der Waals surface area contributed by atoms with Crippen LogP contribution >= 0.6 is 0 Å². The van der Waals surface area contributed by atoms with Gasteiger partial charge in [-0.25, -0.2) is 0 Å². The number of piperidine rings is 1. The highest BCUT2D eigenvalue weighted by Crippen LogP contribution is 2.61. The molecule has 1 aromatic rings. The highest BCUT2D eigenvalue weighted by atomic mass is 16.2. The van der Waals surface area contributed by atoms with Crippen molar-refractivity contribution in [3.05, 3.63) is 35.9 Å². The number of unbranched alkanes of at least 4 members (excludes halogenated alkanes) is 2. The van der Waals surface area contributed by atoms with Crippen molar-refractivity contribution in [1.29, 1.82) is 0 Å². The zero-order valence-corrected chi connectivity index (χ0v) is 24.4. The summed E-state index contributed by atoms with van der Waals surface area (Å²) in [5.74, 6) is 2.76. The summed E-state index contributed by atoms with van der Waals surface area (Å²) >= 11 is 0. The van der Waals surface area contributed by atoms with Gasteiger partial charge in [0.15, 0.2) is 0 Å². The third kappa shape index (κ3) is 5.42. The summed E-state index contributed by atoms with van der Waals surface area (Å²) in [5.41, 5.74) is 1.16. The van der Waals surface area contributed by atoms with E-state index < -0.39 is 5.54 Å². The number of likely N-dealkylation sites (tertiary alicyclic amines) is 1. The average Bonchev–Trinajstić information content (AvgIpc) is 2.91. The number of benzene rings is 1. The van der Waals surface area contributed by atoms with Gasteiger partial charge in [0.25, 0.3) is 0 Å². The second-order valence-corrected chi connectivity index (χ2v) is 14.0. The molecule has 2 bridgehead atoms. The maximum absolute atomic E-state index is 14.0. The van der Waals surface area contributed by atoms with Crippen LogP contribution in [0.3, 0.4) is 0 Å². The Kier molecular flexibility index (Phi) is 8.24. The fraction of sp³-hybridized carbons (Fsp3) is 0.758. The van der Waals surface area contributed by atoms with E-state index in [2.05, 4.69) is 73.1 Å². The zero-order valence-electron chi connectivity index (χ0n) is 24.4. The molecule has 5 heteroatoms. The number of aryl methyl sites for hydroxylation is 1. The molecule has 1 N–H and O–H groups in total. The standard InChI is InChI=1S/C33H51N3O2/c1-24(2)21-29-30(37)36(23-26-14-15-27-22-28(26)32(27,3)4)33(31(38)34-29)16-19-35(20-17-33)18-10-6-9-13-25-11-7-5-8-12-25/h5,7-8,11-12,24,26-29H,6,9-10,13-23H2,1-4H3,(H,34,38)/t26-,27+,28+,29+/m1/s1. The molecule has 5 nitrogen and oxygen atoms in total. The minimum Gasteiger partial charge on any atom is -0.342 e. The molecule has 3 aliphatic carbocycles. The van der Waals surface area contributed by atoms with Crippen molar-refractivity contribution in [2.45, 2.75) is 103 Å². The zero-order chi connectivity index (χ0) is 26.9. The summed E-state index contributed by atoms with van der Waals surface area (Å²) in [7, 11) is 0. The van der Waals surface area contributed by atoms with Gasteiger partial charge in [-0.05, 0) is 99.0 Å². The normalized spacial score (nSPS) is 30.4. The summed E-state index contributed by atoms with van der Waals surface area (Å²) in [4.78, 5) is 32.4. The van der Waals surface area contributed by atoms with E-state index in [9.17, 15) is 9.59 Å². The summed E-state index contributed by atoms with van der Waals surface area (Å²) in [5, 5.41) is 3.20. The van der Waals surface area contributed by atoms with Crippen molar-refractivity contribution < 1.29 is 9.59 Å². The maximum atomic E-state index is 14.0. The number of hydrogen-bond donors (Lipinski definition) is 1. The van der Waals surface area contributed by atoms with Crippen LogP contribution in [0.4, 0.5) is 0 Å². The molecule has 2 aliphatic heterocycles. The topological polar surface area (TPSA) is 52.7 Å². The van der Waals surface area contributed by atoms with Crippen molar-refractivity contribution >= 4 is 11.8 Å². The van der Waals surface area contributed by atoms with Gasteiger partial charge < -0.3 is 15.1 Å². The number of carbonyl (C=O) groups is 2. The second kappa shape index (κ2) is 11.3. The highest BCUT2D eigenvalue weighted by Gasteiger charge is 2.58. The van der Waals surface area contributed by atoms with Crippen molar-refractivity contribution in [3.63, 3.8) is 0 Å². The summed E-state index contributed by atoms with van der Waals surface area (Å²) in [6, 6.07) is 10.4. The van der Waals surface area contributed by atoms with E-state index in [1.807, 2.05) is 0 Å². The Morgan fingerprint density at radius 2 is 1.74 bits per heavy atom. The van der Waals surface area contributed by atoms with E-state index in [4.69, 9.17) is 0 Å². The van der Waals surface area contributed by atoms with Crippen LogP contribution in [0.25, 0.3) is 0 Å². The number of carbonyl (C=O) groups excluding carboxylic acids is 2. The first-order chi connectivity index (χ1) is 18.2. The number of nitrogens with zero attached hydrogens (tertiary/aromatic N) is 2. The van der Waals surface area contributed by atoms with Crippen LogP contribution in [0, 0.1) is 29.1 Å². The molecule has 4 atom stereocenters. The van der Waals surface area contributed by atoms with E-state index >= 15 is 0 Å². The largest absolute Gasteiger partial charge is 0.342 e. The Balaban J connectivity index is 1.20. The molecule has 2 heterocycles. The SMILES string of the molecule is CC(C)C[C@@H]1NC(=O)C2(CCN(CCCCCc3ccccc3)CC2)N(C[C@H]2CC[C@H]3C[C@@H]2C3(C)C)C1=O. The van der Waals surface area contributed by atoms with Crippen LogP contribution in [-0.4, -0.2) is 59.4 Å². The number of hydrogen-bond acceptors (Lipinski definition) is 3. The summed E-state index contributed by atoms with van der Waals surface area (Å²) < 4.78 is 0. The fourth-order valence-corrected chi connectivity index (χ4v) is 8.32. The van der Waals surface area contributed by atoms with Crippen molar-refractivity contribution in [2.75, 3.05) is 26.2 Å². The Hall–Kier alpha value is -1.88. The van der Waals surface area contributed by atoms with E-state index in [1.54, 1.807) is 0 Å². The third-order valence-electron chi connectivity index (χ3n) is 10.9. The molecule has 5 fully saturated rings. The minimum atomic E-state index is -0.654. The van der Waals surface area contributed by atoms with Gasteiger partial charge in [-0.2, -0.15) is 0 Å². The average molecular weight is 522 g/mol. The van der Waals surface area contributed by atoms with E-state index in [0.717, 1.165) is 57.8 Å². The van der Waals surface area contributed by atoms with E-state index in [0.29, 0.717) is 23.2 Å². The number of fused-ring (bicyclic) bond motifs is 2. The molecule has 3 saturated carbocycles. The van der Waals surface area contributed by atoms with E-state index in [-0.39, 0.29) is 17.9 Å². The lowest BCUT2D eigenvalue weighted by Gasteiger charge is -2.62. The van der Waals surface area contributed by atoms with E-state index in [1.165, 1.54) is 44.1 Å². The lowest BCUT2D eigenvalue weighted by atomic mass is 9.45. The fourth-order valence-electron chi connectivity index (χ4n) is 8.32. The van der Waals surface area contributed by atoms with Gasteiger partial charge in [0, 0.05) is 19.6 Å². The second-order valence-electron chi connectivity index (χ2n) is 14.0. The lowest BCUT2D eigenvalue weighted by Crippen LogP contribution is -2.74. The van der Waals surface area contributed by atoms with Gasteiger partial charge in [0.2, 0.25) is 11.8 Å². The minimum absolute atomic E-state index is 0.117. The first kappa shape index (κ1) is 27.7. The lowest BCUT2D eigenvalue weighted by molar-refractivity contribution is -0.168. The molecule has 0 radical (unpaired) electrons. The molecule has 2 amide bonds. The van der Waals surface area contributed by atoms with Gasteiger partial charge in [-0.1, -0.05) is 64.4 Å². The Bertz CT molecular complexity index is 964. The van der Waals surface area contributed by atoms with Crippen molar-refractivity contribution in [1.82, 2.24) is 15.1 Å². The molecule has 6 rings (SSSR count). The third-order valence-corrected chi connectivity index (χ3v) is 10.9. The molecule has 0 aromatic heterocycles. The van der Waals surface area contributed by atoms with Crippen LogP contribution in [0.15, 0.2) is 30.3 Å². The molecule has 1 aromatic carbocycles. The molecule has 0 unspecified atom stereocenters. The number of nitrogens with one attached hydrogen (secondary N) is 1. The number of piperazine rings is 1. The van der Waals surface area contributed by atoms with Crippen LogP contribution < -0.4 is 5.32 Å². The monoisotopic (exact) mass is 521 g/mol. The van der Waals surface area contributed by atoms with Crippen molar-refractivity contribution in [2.24, 2.45) is 29.1 Å². The highest BCUT2D eigenvalue weighted by molar-refractivity contribution is 6.00.